The lowest BCUT2D eigenvalue weighted by Crippen LogP contribution is -2.39. The van der Waals surface area contributed by atoms with Crippen molar-refractivity contribution in [1.82, 2.24) is 9.99 Å². The zero-order chi connectivity index (χ0) is 21.8. The number of fused-ring (bicyclic) bond motifs is 1. The van der Waals surface area contributed by atoms with Gasteiger partial charge >= 0.3 is 11.8 Å². The number of carbonyl (C=O) groups is 3. The van der Waals surface area contributed by atoms with Gasteiger partial charge in [-0.2, -0.15) is 0 Å². The topological polar surface area (TPSA) is 92.2 Å². The lowest BCUT2D eigenvalue weighted by atomic mass is 10.2. The van der Waals surface area contributed by atoms with Gasteiger partial charge in [0.1, 0.15) is 5.69 Å². The van der Waals surface area contributed by atoms with Crippen LogP contribution in [0.3, 0.4) is 0 Å². The van der Waals surface area contributed by atoms with Crippen molar-refractivity contribution in [2.75, 3.05) is 17.3 Å². The Kier molecular flexibility index (Phi) is 6.66. The quantitative estimate of drug-likeness (QED) is 0.389. The zero-order valence-corrected chi connectivity index (χ0v) is 17.6. The zero-order valence-electron chi connectivity index (χ0n) is 15.3. The lowest BCUT2D eigenvalue weighted by Gasteiger charge is -2.12. The van der Waals surface area contributed by atoms with Crippen LogP contribution in [0, 0.1) is 0 Å². The van der Waals surface area contributed by atoms with Gasteiger partial charge < -0.3 is 10.6 Å². The summed E-state index contributed by atoms with van der Waals surface area (Å²) in [5, 5.41) is 6.76. The Hall–Kier alpha value is -3.00. The molecule has 30 heavy (non-hydrogen) atoms. The summed E-state index contributed by atoms with van der Waals surface area (Å²) in [7, 11) is 0. The second-order valence-corrected chi connectivity index (χ2v) is 7.43. The van der Waals surface area contributed by atoms with Gasteiger partial charge in [0.2, 0.25) is 0 Å². The number of nitrogens with one attached hydrogen (secondary N) is 3. The monoisotopic (exact) mass is 464 g/mol. The number of hydrogen-bond donors (Lipinski definition) is 3. The van der Waals surface area contributed by atoms with Crippen molar-refractivity contribution < 1.29 is 14.4 Å². The summed E-state index contributed by atoms with van der Waals surface area (Å²) in [5.41, 5.74) is 3.32. The van der Waals surface area contributed by atoms with Crippen molar-refractivity contribution in [2.24, 2.45) is 0 Å². The maximum atomic E-state index is 12.9. The summed E-state index contributed by atoms with van der Waals surface area (Å²) in [6.07, 6.45) is 1.44. The fraction of sp³-hybridized carbons (Fsp3) is 0.0500. The van der Waals surface area contributed by atoms with E-state index in [0.717, 1.165) is 0 Å². The van der Waals surface area contributed by atoms with E-state index < -0.39 is 17.7 Å². The Morgan fingerprint density at radius 2 is 1.63 bits per heavy atom. The van der Waals surface area contributed by atoms with Crippen molar-refractivity contribution in [3.63, 3.8) is 0 Å². The predicted octanol–water partition coefficient (Wildman–Crippen LogP) is 4.23. The predicted molar refractivity (Wildman–Crippen MR) is 119 cm³/mol. The average Bonchev–Trinajstić information content (AvgIpc) is 3.02. The van der Waals surface area contributed by atoms with Gasteiger partial charge in [0.05, 0.1) is 5.52 Å². The number of amides is 3. The Morgan fingerprint density at radius 1 is 0.933 bits per heavy atom. The highest BCUT2D eigenvalue weighted by atomic mass is 35.5. The summed E-state index contributed by atoms with van der Waals surface area (Å²) in [5.74, 6) is -2.39. The van der Waals surface area contributed by atoms with Crippen LogP contribution in [0.4, 0.5) is 5.69 Å². The van der Waals surface area contributed by atoms with Gasteiger partial charge in [-0.05, 0) is 42.5 Å². The molecule has 10 heteroatoms. The second kappa shape index (κ2) is 9.21. The fourth-order valence-electron chi connectivity index (χ4n) is 2.69. The number of rotatable bonds is 5. The third-order valence-corrected chi connectivity index (χ3v) is 4.61. The van der Waals surface area contributed by atoms with Crippen LogP contribution in [0.5, 0.6) is 0 Å². The van der Waals surface area contributed by atoms with Crippen molar-refractivity contribution in [2.45, 2.75) is 0 Å². The first-order valence-electron chi connectivity index (χ1n) is 8.57. The minimum atomic E-state index is -0.954. The molecule has 1 heterocycles. The Labute approximate surface area is 186 Å². The van der Waals surface area contributed by atoms with Crippen LogP contribution < -0.4 is 16.1 Å². The number of anilines is 1. The Morgan fingerprint density at radius 3 is 2.30 bits per heavy atom. The molecule has 3 rings (SSSR count). The molecule has 0 saturated heterocycles. The molecule has 154 valence electrons. The van der Waals surface area contributed by atoms with E-state index in [-0.39, 0.29) is 12.2 Å². The minimum absolute atomic E-state index is 0.0632. The molecule has 0 radical (unpaired) electrons. The van der Waals surface area contributed by atoms with Crippen LogP contribution in [-0.4, -0.2) is 28.9 Å². The molecule has 0 unspecified atom stereocenters. The van der Waals surface area contributed by atoms with Crippen LogP contribution in [0.1, 0.15) is 10.5 Å². The summed E-state index contributed by atoms with van der Waals surface area (Å²) >= 11 is 18.0. The number of halogens is 3. The Balaban J connectivity index is 1.97. The summed E-state index contributed by atoms with van der Waals surface area (Å²) in [6, 6.07) is 11.0. The smallest absolute Gasteiger partial charge is 0.328 e. The van der Waals surface area contributed by atoms with Crippen molar-refractivity contribution >= 4 is 69.1 Å². The number of aromatic nitrogens is 1. The largest absolute Gasteiger partial charge is 0.344 e. The van der Waals surface area contributed by atoms with E-state index >= 15 is 0 Å². The van der Waals surface area contributed by atoms with Gasteiger partial charge in [0.15, 0.2) is 0 Å². The molecule has 0 fully saturated rings. The van der Waals surface area contributed by atoms with Gasteiger partial charge in [-0.25, -0.2) is 4.68 Å². The minimum Gasteiger partial charge on any atom is -0.344 e. The van der Waals surface area contributed by atoms with Gasteiger partial charge in [-0.15, -0.1) is 6.58 Å². The molecule has 0 aliphatic carbocycles. The third-order valence-electron chi connectivity index (χ3n) is 3.94. The molecule has 0 bridgehead atoms. The standard InChI is InChI=1S/C20H15Cl3N4O3/c1-2-5-24-19(29)20(30)26-27-16-4-3-12(21)6-11(16)7-17(27)18(28)25-15-9-13(22)8-14(23)10-15/h2-4,6-10H,1,5H2,(H,24,29)(H,25,28)(H,26,30). The van der Waals surface area contributed by atoms with Crippen LogP contribution >= 0.6 is 34.8 Å². The molecule has 0 aliphatic rings. The molecule has 2 aromatic carbocycles. The molecule has 3 N–H and O–H groups in total. The SMILES string of the molecule is C=CCNC(=O)C(=O)Nn1c(C(=O)Nc2cc(Cl)cc(Cl)c2)cc2cc(Cl)ccc21. The first-order chi connectivity index (χ1) is 14.3. The highest BCUT2D eigenvalue weighted by Gasteiger charge is 2.21. The normalized spacial score (nSPS) is 10.5. The van der Waals surface area contributed by atoms with Crippen LogP contribution in [0.25, 0.3) is 10.9 Å². The van der Waals surface area contributed by atoms with Gasteiger partial charge in [0.25, 0.3) is 5.91 Å². The molecular weight excluding hydrogens is 451 g/mol. The van der Waals surface area contributed by atoms with Crippen molar-refractivity contribution in [1.29, 1.82) is 0 Å². The number of carbonyl (C=O) groups excluding carboxylic acids is 3. The molecule has 0 spiro atoms. The van der Waals surface area contributed by atoms with Gasteiger partial charge in [0, 0.05) is 32.7 Å². The van der Waals surface area contributed by atoms with E-state index in [9.17, 15) is 14.4 Å². The van der Waals surface area contributed by atoms with E-state index in [2.05, 4.69) is 22.6 Å². The molecule has 3 aromatic rings. The first-order valence-corrected chi connectivity index (χ1v) is 9.70. The van der Waals surface area contributed by atoms with E-state index in [1.807, 2.05) is 0 Å². The summed E-state index contributed by atoms with van der Waals surface area (Å²) in [4.78, 5) is 37.1. The third kappa shape index (κ3) is 4.94. The van der Waals surface area contributed by atoms with E-state index in [0.29, 0.717) is 31.7 Å². The molecule has 0 aliphatic heterocycles. The van der Waals surface area contributed by atoms with Gasteiger partial charge in [-0.3, -0.25) is 19.8 Å². The second-order valence-electron chi connectivity index (χ2n) is 6.12. The molecule has 7 nitrogen and oxygen atoms in total. The lowest BCUT2D eigenvalue weighted by molar-refractivity contribution is -0.136. The maximum Gasteiger partial charge on any atom is 0.328 e. The summed E-state index contributed by atoms with van der Waals surface area (Å²) in [6.45, 7) is 3.59. The van der Waals surface area contributed by atoms with Crippen LogP contribution in [0.2, 0.25) is 15.1 Å². The molecule has 0 saturated carbocycles. The molecule has 0 atom stereocenters. The number of nitrogens with zero attached hydrogens (tertiary/aromatic N) is 1. The number of hydrogen-bond acceptors (Lipinski definition) is 3. The van der Waals surface area contributed by atoms with E-state index in [1.165, 1.54) is 35.0 Å². The highest BCUT2D eigenvalue weighted by Crippen LogP contribution is 2.25. The molecule has 1 aromatic heterocycles. The first kappa shape index (κ1) is 21.7. The maximum absolute atomic E-state index is 12.9. The van der Waals surface area contributed by atoms with E-state index in [1.54, 1.807) is 18.2 Å². The summed E-state index contributed by atoms with van der Waals surface area (Å²) < 4.78 is 1.21. The van der Waals surface area contributed by atoms with E-state index in [4.69, 9.17) is 34.8 Å². The van der Waals surface area contributed by atoms with Crippen LogP contribution in [0.15, 0.2) is 55.1 Å². The molecular formula is C20H15Cl3N4O3. The van der Waals surface area contributed by atoms with Crippen molar-refractivity contribution in [3.05, 3.63) is 75.9 Å². The van der Waals surface area contributed by atoms with Crippen molar-refractivity contribution in [3.8, 4) is 0 Å². The number of benzene rings is 2. The Bertz CT molecular complexity index is 1150. The molecule has 3 amide bonds. The van der Waals surface area contributed by atoms with Gasteiger partial charge in [-0.1, -0.05) is 40.9 Å². The fourth-order valence-corrected chi connectivity index (χ4v) is 3.40. The van der Waals surface area contributed by atoms with Crippen LogP contribution in [-0.2, 0) is 9.59 Å². The highest BCUT2D eigenvalue weighted by molar-refractivity contribution is 6.38. The average molecular weight is 466 g/mol.